The summed E-state index contributed by atoms with van der Waals surface area (Å²) >= 11 is 0. The van der Waals surface area contributed by atoms with Crippen molar-refractivity contribution in [1.82, 2.24) is 5.43 Å². The molecule has 0 aliphatic carbocycles. The summed E-state index contributed by atoms with van der Waals surface area (Å²) < 4.78 is 0. The van der Waals surface area contributed by atoms with Crippen molar-refractivity contribution in [3.8, 4) is 0 Å². The number of fused-ring (bicyclic) bond motifs is 1. The Morgan fingerprint density at radius 2 is 2.14 bits per heavy atom. The van der Waals surface area contributed by atoms with Gasteiger partial charge >= 0.3 is 0 Å². The second-order valence-electron chi connectivity index (χ2n) is 6.67. The first-order valence-corrected chi connectivity index (χ1v) is 7.40. The van der Waals surface area contributed by atoms with Crippen molar-refractivity contribution in [3.63, 3.8) is 0 Å². The Balaban J connectivity index is 2.41. The molecule has 4 nitrogen and oxygen atoms in total. The quantitative estimate of drug-likeness (QED) is 0.670. The normalized spacial score (nSPS) is 20.5. The maximum Gasteiger partial charge on any atom is 0.236 e. The van der Waals surface area contributed by atoms with Gasteiger partial charge in [0.1, 0.15) is 0 Å². The highest BCUT2D eigenvalue weighted by molar-refractivity contribution is 5.85. The molecule has 114 valence electrons. The van der Waals surface area contributed by atoms with Gasteiger partial charge in [0.15, 0.2) is 0 Å². The van der Waals surface area contributed by atoms with Gasteiger partial charge in [-0.25, -0.2) is 5.43 Å². The Bertz CT molecular complexity index is 590. The second kappa shape index (κ2) is 5.51. The van der Waals surface area contributed by atoms with E-state index in [2.05, 4.69) is 62.3 Å². The lowest BCUT2D eigenvalue weighted by Gasteiger charge is -2.45. The van der Waals surface area contributed by atoms with Crippen LogP contribution in [0, 0.1) is 6.92 Å². The van der Waals surface area contributed by atoms with Crippen molar-refractivity contribution in [1.29, 1.82) is 0 Å². The van der Waals surface area contributed by atoms with Gasteiger partial charge in [-0.15, -0.1) is 0 Å². The summed E-state index contributed by atoms with van der Waals surface area (Å²) in [5, 5.41) is 3.99. The lowest BCUT2D eigenvalue weighted by Crippen LogP contribution is -2.45. The third-order valence-corrected chi connectivity index (χ3v) is 4.45. The van der Waals surface area contributed by atoms with Crippen molar-refractivity contribution in [2.45, 2.75) is 52.5 Å². The van der Waals surface area contributed by atoms with Gasteiger partial charge < -0.3 is 4.90 Å². The van der Waals surface area contributed by atoms with E-state index in [1.54, 1.807) is 6.21 Å². The zero-order valence-corrected chi connectivity index (χ0v) is 13.8. The van der Waals surface area contributed by atoms with Gasteiger partial charge in [-0.05, 0) is 61.9 Å². The first kappa shape index (κ1) is 15.5. The molecule has 0 saturated carbocycles. The molecule has 0 radical (unpaired) electrons. The lowest BCUT2D eigenvalue weighted by molar-refractivity contribution is -0.118. The third kappa shape index (κ3) is 3.09. The number of rotatable bonds is 2. The minimum absolute atomic E-state index is 0.156. The summed E-state index contributed by atoms with van der Waals surface area (Å²) in [6.07, 6.45) is 2.85. The smallest absolute Gasteiger partial charge is 0.236 e. The lowest BCUT2D eigenvalue weighted by atomic mass is 9.79. The van der Waals surface area contributed by atoms with Crippen LogP contribution in [0.15, 0.2) is 17.2 Å². The van der Waals surface area contributed by atoms with E-state index < -0.39 is 0 Å². The number of hydrogen-bond acceptors (Lipinski definition) is 3. The average Bonchev–Trinajstić information content (AvgIpc) is 2.36. The highest BCUT2D eigenvalue weighted by Crippen LogP contribution is 2.43. The molecule has 4 heteroatoms. The number of hydrazone groups is 1. The Morgan fingerprint density at radius 1 is 1.48 bits per heavy atom. The predicted molar refractivity (Wildman–Crippen MR) is 88.1 cm³/mol. The number of carbonyl (C=O) groups is 1. The fraction of sp³-hybridized carbons (Fsp3) is 0.529. The molecule has 1 aromatic rings. The molecule has 1 amide bonds. The molecule has 1 unspecified atom stereocenters. The van der Waals surface area contributed by atoms with Crippen LogP contribution in [0.4, 0.5) is 5.69 Å². The number of nitrogens with zero attached hydrogens (tertiary/aromatic N) is 2. The van der Waals surface area contributed by atoms with Crippen molar-refractivity contribution in [2.75, 3.05) is 11.9 Å². The van der Waals surface area contributed by atoms with Crippen LogP contribution in [-0.4, -0.2) is 24.7 Å². The minimum atomic E-state index is -0.156. The van der Waals surface area contributed by atoms with Crippen LogP contribution in [0.2, 0.25) is 0 Å². The van der Waals surface area contributed by atoms with Crippen LogP contribution in [0.5, 0.6) is 0 Å². The third-order valence-electron chi connectivity index (χ3n) is 4.45. The summed E-state index contributed by atoms with van der Waals surface area (Å²) in [7, 11) is 2.16. The highest BCUT2D eigenvalue weighted by atomic mass is 16.2. The first-order chi connectivity index (χ1) is 9.72. The van der Waals surface area contributed by atoms with Gasteiger partial charge in [-0.1, -0.05) is 6.92 Å². The minimum Gasteiger partial charge on any atom is -0.369 e. The van der Waals surface area contributed by atoms with E-state index in [0.29, 0.717) is 5.92 Å². The number of benzene rings is 1. The van der Waals surface area contributed by atoms with E-state index in [-0.39, 0.29) is 11.4 Å². The average molecular weight is 287 g/mol. The van der Waals surface area contributed by atoms with Crippen molar-refractivity contribution in [2.24, 2.45) is 5.10 Å². The van der Waals surface area contributed by atoms with Crippen LogP contribution >= 0.6 is 0 Å². The number of amides is 1. The number of nitrogens with one attached hydrogen (secondary N) is 1. The zero-order valence-electron chi connectivity index (χ0n) is 13.8. The molecule has 0 fully saturated rings. The molecule has 0 bridgehead atoms. The number of anilines is 1. The van der Waals surface area contributed by atoms with Crippen molar-refractivity contribution in [3.05, 3.63) is 28.8 Å². The second-order valence-corrected chi connectivity index (χ2v) is 6.67. The van der Waals surface area contributed by atoms with E-state index in [1.165, 1.54) is 23.7 Å². The summed E-state index contributed by atoms with van der Waals surface area (Å²) in [5.41, 5.74) is 7.50. The predicted octanol–water partition coefficient (Wildman–Crippen LogP) is 3.19. The Kier molecular flexibility index (Phi) is 4.08. The largest absolute Gasteiger partial charge is 0.369 e. The van der Waals surface area contributed by atoms with Gasteiger partial charge in [0.2, 0.25) is 5.91 Å². The summed E-state index contributed by atoms with van der Waals surface area (Å²) in [6, 6.07) is 4.42. The molecule has 1 heterocycles. The number of carbonyl (C=O) groups excluding carboxylic acids is 1. The van der Waals surface area contributed by atoms with E-state index in [9.17, 15) is 4.79 Å². The highest BCUT2D eigenvalue weighted by Gasteiger charge is 2.34. The maximum atomic E-state index is 10.9. The summed E-state index contributed by atoms with van der Waals surface area (Å²) in [4.78, 5) is 13.3. The molecule has 1 atom stereocenters. The molecule has 0 saturated heterocycles. The van der Waals surface area contributed by atoms with Crippen molar-refractivity contribution >= 4 is 17.8 Å². The van der Waals surface area contributed by atoms with Gasteiger partial charge in [0.25, 0.3) is 0 Å². The van der Waals surface area contributed by atoms with Gasteiger partial charge in [0.05, 0.1) is 6.21 Å². The molecular weight excluding hydrogens is 262 g/mol. The summed E-state index contributed by atoms with van der Waals surface area (Å²) in [5.74, 6) is 0.358. The fourth-order valence-corrected chi connectivity index (χ4v) is 3.07. The van der Waals surface area contributed by atoms with Crippen LogP contribution in [0.3, 0.4) is 0 Å². The SMILES string of the molecule is CC(=O)N/N=C/c1cc2c(cc1C)N(C)C(C)(C)CC2C. The molecular formula is C17H25N3O. The van der Waals surface area contributed by atoms with Gasteiger partial charge in [-0.3, -0.25) is 4.79 Å². The number of hydrogen-bond donors (Lipinski definition) is 1. The molecule has 1 aromatic carbocycles. The molecule has 0 aromatic heterocycles. The molecule has 0 spiro atoms. The molecule has 1 N–H and O–H groups in total. The number of aryl methyl sites for hydroxylation is 1. The standard InChI is InChI=1S/C17H25N3O/c1-11-7-16-15(8-14(11)10-18-19-13(3)21)12(2)9-17(4,5)20(16)6/h7-8,10,12H,9H2,1-6H3,(H,19,21)/b18-10+. The molecule has 1 aliphatic rings. The van der Waals surface area contributed by atoms with Crippen molar-refractivity contribution < 1.29 is 4.79 Å². The van der Waals surface area contributed by atoms with E-state index >= 15 is 0 Å². The van der Waals surface area contributed by atoms with Crippen LogP contribution < -0.4 is 10.3 Å². The van der Waals surface area contributed by atoms with Crippen LogP contribution in [-0.2, 0) is 4.79 Å². The topological polar surface area (TPSA) is 44.7 Å². The Labute approximate surface area is 127 Å². The Hall–Kier alpha value is -1.84. The maximum absolute atomic E-state index is 10.9. The fourth-order valence-electron chi connectivity index (χ4n) is 3.07. The Morgan fingerprint density at radius 3 is 2.76 bits per heavy atom. The monoisotopic (exact) mass is 287 g/mol. The summed E-state index contributed by atoms with van der Waals surface area (Å²) in [6.45, 7) is 10.4. The molecule has 21 heavy (non-hydrogen) atoms. The zero-order chi connectivity index (χ0) is 15.8. The molecule has 1 aliphatic heterocycles. The van der Waals surface area contributed by atoms with E-state index in [4.69, 9.17) is 0 Å². The van der Waals surface area contributed by atoms with Crippen LogP contribution in [0.25, 0.3) is 0 Å². The van der Waals surface area contributed by atoms with Crippen LogP contribution in [0.1, 0.15) is 56.7 Å². The molecule has 2 rings (SSSR count). The van der Waals surface area contributed by atoms with E-state index in [1.807, 2.05) is 0 Å². The van der Waals surface area contributed by atoms with E-state index in [0.717, 1.165) is 12.0 Å². The van der Waals surface area contributed by atoms with Gasteiger partial charge in [-0.2, -0.15) is 5.10 Å². The first-order valence-electron chi connectivity index (χ1n) is 7.40. The van der Waals surface area contributed by atoms with Gasteiger partial charge in [0, 0.05) is 25.2 Å².